The summed E-state index contributed by atoms with van der Waals surface area (Å²) in [7, 11) is 0. The van der Waals surface area contributed by atoms with E-state index in [1.165, 1.54) is 0 Å². The van der Waals surface area contributed by atoms with Gasteiger partial charge in [-0.15, -0.1) is 0 Å². The van der Waals surface area contributed by atoms with Gasteiger partial charge in [-0.1, -0.05) is 46.3 Å². The number of halogens is 2. The van der Waals surface area contributed by atoms with E-state index in [0.29, 0.717) is 5.82 Å². The normalized spacial score (nSPS) is 10.7. The molecule has 3 rings (SSSR count). The van der Waals surface area contributed by atoms with Crippen molar-refractivity contribution in [2.45, 2.75) is 5.33 Å². The van der Waals surface area contributed by atoms with Gasteiger partial charge >= 0.3 is 0 Å². The lowest BCUT2D eigenvalue weighted by Crippen LogP contribution is -1.98. The van der Waals surface area contributed by atoms with Crippen LogP contribution in [-0.4, -0.2) is 9.97 Å². The highest BCUT2D eigenvalue weighted by Gasteiger charge is 2.09. The summed E-state index contributed by atoms with van der Waals surface area (Å²) in [5.41, 5.74) is 2.92. The number of rotatable bonds is 3. The van der Waals surface area contributed by atoms with Crippen molar-refractivity contribution in [3.63, 3.8) is 0 Å². The predicted octanol–water partition coefficient (Wildman–Crippen LogP) is 4.92. The molecule has 20 heavy (non-hydrogen) atoms. The molecular formula is C15H11BrClN3. The number of aromatic nitrogens is 2. The third-order valence-corrected chi connectivity index (χ3v) is 3.74. The monoisotopic (exact) mass is 347 g/mol. The average molecular weight is 349 g/mol. The Morgan fingerprint density at radius 1 is 1.00 bits per heavy atom. The van der Waals surface area contributed by atoms with Crippen LogP contribution in [0.3, 0.4) is 0 Å². The first-order valence-electron chi connectivity index (χ1n) is 6.11. The van der Waals surface area contributed by atoms with E-state index < -0.39 is 0 Å². The maximum Gasteiger partial charge on any atom is 0.224 e. The Morgan fingerprint density at radius 3 is 2.55 bits per heavy atom. The van der Waals surface area contributed by atoms with Crippen molar-refractivity contribution >= 4 is 49.9 Å². The lowest BCUT2D eigenvalue weighted by atomic mass is 10.1. The van der Waals surface area contributed by atoms with Crippen LogP contribution in [0.25, 0.3) is 10.9 Å². The van der Waals surface area contributed by atoms with Crippen molar-refractivity contribution in [1.29, 1.82) is 0 Å². The molecular weight excluding hydrogens is 338 g/mol. The number of alkyl halides is 1. The molecule has 0 amide bonds. The van der Waals surface area contributed by atoms with Gasteiger partial charge in [-0.25, -0.2) is 4.98 Å². The Balaban J connectivity index is 2.15. The smallest absolute Gasteiger partial charge is 0.224 e. The summed E-state index contributed by atoms with van der Waals surface area (Å²) in [5.74, 6) is 0.717. The van der Waals surface area contributed by atoms with Gasteiger partial charge in [-0.3, -0.25) is 0 Å². The van der Waals surface area contributed by atoms with E-state index in [1.807, 2.05) is 48.5 Å². The van der Waals surface area contributed by atoms with Crippen molar-refractivity contribution in [2.75, 3.05) is 5.32 Å². The molecule has 0 aliphatic heterocycles. The molecule has 0 saturated carbocycles. The van der Waals surface area contributed by atoms with Gasteiger partial charge in [0.1, 0.15) is 5.82 Å². The number of fused-ring (bicyclic) bond motifs is 1. The van der Waals surface area contributed by atoms with Crippen molar-refractivity contribution in [3.8, 4) is 0 Å². The van der Waals surface area contributed by atoms with Gasteiger partial charge in [-0.2, -0.15) is 4.98 Å². The Morgan fingerprint density at radius 2 is 1.80 bits per heavy atom. The van der Waals surface area contributed by atoms with Crippen LogP contribution in [0.2, 0.25) is 5.28 Å². The molecule has 3 nitrogen and oxygen atoms in total. The first-order chi connectivity index (χ1) is 9.78. The molecule has 2 aromatic carbocycles. The summed E-state index contributed by atoms with van der Waals surface area (Å²) in [6, 6.07) is 15.9. The van der Waals surface area contributed by atoms with Crippen LogP contribution in [0, 0.1) is 0 Å². The molecule has 0 atom stereocenters. The fourth-order valence-corrected chi connectivity index (χ4v) is 2.67. The van der Waals surface area contributed by atoms with Crippen LogP contribution in [0.4, 0.5) is 11.5 Å². The Labute approximate surface area is 130 Å². The SMILES string of the molecule is Clc1nc(Nc2ccccc2)c2cccc(CBr)c2n1. The van der Waals surface area contributed by atoms with E-state index in [2.05, 4.69) is 31.2 Å². The van der Waals surface area contributed by atoms with Gasteiger partial charge in [0, 0.05) is 16.4 Å². The minimum atomic E-state index is 0.240. The van der Waals surface area contributed by atoms with Crippen LogP contribution < -0.4 is 5.32 Å². The number of hydrogen-bond acceptors (Lipinski definition) is 3. The summed E-state index contributed by atoms with van der Waals surface area (Å²) in [5, 5.41) is 5.21. The minimum absolute atomic E-state index is 0.240. The third kappa shape index (κ3) is 2.62. The van der Waals surface area contributed by atoms with E-state index in [4.69, 9.17) is 11.6 Å². The van der Waals surface area contributed by atoms with Crippen molar-refractivity contribution < 1.29 is 0 Å². The molecule has 0 aliphatic carbocycles. The van der Waals surface area contributed by atoms with E-state index in [-0.39, 0.29) is 5.28 Å². The number of anilines is 2. The molecule has 0 radical (unpaired) electrons. The molecule has 0 spiro atoms. The minimum Gasteiger partial charge on any atom is -0.340 e. The summed E-state index contributed by atoms with van der Waals surface area (Å²) in [6.07, 6.45) is 0. The van der Waals surface area contributed by atoms with Crippen LogP contribution in [0.5, 0.6) is 0 Å². The maximum absolute atomic E-state index is 6.04. The lowest BCUT2D eigenvalue weighted by molar-refractivity contribution is 1.21. The van der Waals surface area contributed by atoms with Crippen LogP contribution in [-0.2, 0) is 5.33 Å². The lowest BCUT2D eigenvalue weighted by Gasteiger charge is -2.10. The molecule has 1 N–H and O–H groups in total. The molecule has 100 valence electrons. The largest absolute Gasteiger partial charge is 0.340 e. The molecule has 1 heterocycles. The van der Waals surface area contributed by atoms with Crippen LogP contribution in [0.15, 0.2) is 48.5 Å². The number of para-hydroxylation sites is 2. The highest BCUT2D eigenvalue weighted by Crippen LogP contribution is 2.28. The van der Waals surface area contributed by atoms with Crippen molar-refractivity contribution in [1.82, 2.24) is 9.97 Å². The third-order valence-electron chi connectivity index (χ3n) is 2.96. The number of nitrogens with one attached hydrogen (secondary N) is 1. The Kier molecular flexibility index (Phi) is 3.85. The maximum atomic E-state index is 6.04. The van der Waals surface area contributed by atoms with Gasteiger partial charge in [0.15, 0.2) is 0 Å². The zero-order chi connectivity index (χ0) is 13.9. The van der Waals surface area contributed by atoms with Gasteiger partial charge in [0.05, 0.1) is 5.52 Å². The highest BCUT2D eigenvalue weighted by molar-refractivity contribution is 9.08. The van der Waals surface area contributed by atoms with Crippen molar-refractivity contribution in [3.05, 3.63) is 59.4 Å². The van der Waals surface area contributed by atoms with E-state index >= 15 is 0 Å². The van der Waals surface area contributed by atoms with Gasteiger partial charge in [-0.05, 0) is 35.4 Å². The summed E-state index contributed by atoms with van der Waals surface area (Å²) in [6.45, 7) is 0. The molecule has 3 aromatic rings. The summed E-state index contributed by atoms with van der Waals surface area (Å²) < 4.78 is 0. The summed E-state index contributed by atoms with van der Waals surface area (Å²) in [4.78, 5) is 8.63. The molecule has 0 unspecified atom stereocenters. The van der Waals surface area contributed by atoms with E-state index in [1.54, 1.807) is 0 Å². The van der Waals surface area contributed by atoms with Crippen LogP contribution >= 0.6 is 27.5 Å². The van der Waals surface area contributed by atoms with E-state index in [0.717, 1.165) is 27.5 Å². The Bertz CT molecular complexity index is 747. The second-order valence-electron chi connectivity index (χ2n) is 4.28. The molecule has 1 aromatic heterocycles. The zero-order valence-corrected chi connectivity index (χ0v) is 12.8. The highest BCUT2D eigenvalue weighted by atomic mass is 79.9. The standard InChI is InChI=1S/C15H11BrClN3/c16-9-10-5-4-8-12-13(10)19-15(17)20-14(12)18-11-6-2-1-3-7-11/h1-8H,9H2,(H,18,19,20). The predicted molar refractivity (Wildman–Crippen MR) is 86.9 cm³/mol. The van der Waals surface area contributed by atoms with E-state index in [9.17, 15) is 0 Å². The van der Waals surface area contributed by atoms with Gasteiger partial charge in [0.25, 0.3) is 0 Å². The second-order valence-corrected chi connectivity index (χ2v) is 5.18. The average Bonchev–Trinajstić information content (AvgIpc) is 2.47. The fraction of sp³-hybridized carbons (Fsp3) is 0.0667. The Hall–Kier alpha value is -1.65. The number of hydrogen-bond donors (Lipinski definition) is 1. The number of nitrogens with zero attached hydrogens (tertiary/aromatic N) is 2. The molecule has 5 heteroatoms. The van der Waals surface area contributed by atoms with Gasteiger partial charge in [0.2, 0.25) is 5.28 Å². The van der Waals surface area contributed by atoms with Crippen LogP contribution in [0.1, 0.15) is 5.56 Å². The number of benzene rings is 2. The topological polar surface area (TPSA) is 37.8 Å². The quantitative estimate of drug-likeness (QED) is 0.539. The van der Waals surface area contributed by atoms with Gasteiger partial charge < -0.3 is 5.32 Å². The second kappa shape index (κ2) is 5.77. The first-order valence-corrected chi connectivity index (χ1v) is 7.61. The molecule has 0 bridgehead atoms. The molecule has 0 fully saturated rings. The molecule has 0 saturated heterocycles. The first kappa shape index (κ1) is 13.3. The molecule has 0 aliphatic rings. The summed E-state index contributed by atoms with van der Waals surface area (Å²) >= 11 is 9.51. The zero-order valence-electron chi connectivity index (χ0n) is 10.5. The van der Waals surface area contributed by atoms with Crippen molar-refractivity contribution in [2.24, 2.45) is 0 Å². The fourth-order valence-electron chi connectivity index (χ4n) is 2.05.